The summed E-state index contributed by atoms with van der Waals surface area (Å²) in [6.45, 7) is 0.891. The van der Waals surface area contributed by atoms with Gasteiger partial charge in [0.05, 0.1) is 15.9 Å². The highest BCUT2D eigenvalue weighted by molar-refractivity contribution is 7.87. The maximum absolute atomic E-state index is 12.4. The van der Waals surface area contributed by atoms with Gasteiger partial charge in [-0.3, -0.25) is 25.1 Å². The Morgan fingerprint density at radius 1 is 1.04 bits per heavy atom. The number of carbonyl (C=O) groups excluding carboxylic acids is 1. The molecule has 2 amide bonds. The Labute approximate surface area is 157 Å². The van der Waals surface area contributed by atoms with E-state index < -0.39 is 37.1 Å². The summed E-state index contributed by atoms with van der Waals surface area (Å²) in [4.78, 5) is 32.8. The van der Waals surface area contributed by atoms with Gasteiger partial charge in [-0.15, -0.1) is 0 Å². The van der Waals surface area contributed by atoms with Gasteiger partial charge in [-0.05, 0) is 30.3 Å². The SMILES string of the molecule is O=C1NCCN1c1ccc(S(=O)(=O)Oc2ccc([N+](=O)[O-])cc2[N+](=O)[O-])cc1. The fourth-order valence-corrected chi connectivity index (χ4v) is 3.45. The first-order valence-electron chi connectivity index (χ1n) is 7.72. The van der Waals surface area contributed by atoms with E-state index in [1.165, 1.54) is 29.2 Å². The van der Waals surface area contributed by atoms with Crippen molar-refractivity contribution in [1.82, 2.24) is 5.32 Å². The van der Waals surface area contributed by atoms with Gasteiger partial charge >= 0.3 is 21.8 Å². The van der Waals surface area contributed by atoms with Crippen LogP contribution in [0, 0.1) is 20.2 Å². The van der Waals surface area contributed by atoms with Crippen LogP contribution in [0.1, 0.15) is 0 Å². The van der Waals surface area contributed by atoms with Crippen molar-refractivity contribution in [3.63, 3.8) is 0 Å². The number of nitrogens with zero attached hydrogens (tertiary/aromatic N) is 3. The molecular formula is C15H12N4O8S. The molecule has 13 heteroatoms. The van der Waals surface area contributed by atoms with Crippen molar-refractivity contribution >= 4 is 33.2 Å². The molecule has 146 valence electrons. The van der Waals surface area contributed by atoms with Gasteiger partial charge in [0.2, 0.25) is 5.75 Å². The Bertz CT molecular complexity index is 1070. The Kier molecular flexibility index (Phi) is 4.83. The minimum absolute atomic E-state index is 0.302. The monoisotopic (exact) mass is 408 g/mol. The minimum Gasteiger partial charge on any atom is -0.372 e. The number of hydrogen-bond donors (Lipinski definition) is 1. The number of hydrogen-bond acceptors (Lipinski definition) is 8. The fourth-order valence-electron chi connectivity index (χ4n) is 2.51. The van der Waals surface area contributed by atoms with Crippen LogP contribution >= 0.6 is 0 Å². The highest BCUT2D eigenvalue weighted by Gasteiger charge is 2.27. The summed E-state index contributed by atoms with van der Waals surface area (Å²) in [5.41, 5.74) is -0.969. The third kappa shape index (κ3) is 3.68. The Balaban J connectivity index is 1.89. The molecule has 2 aromatic carbocycles. The lowest BCUT2D eigenvalue weighted by Gasteiger charge is -2.14. The predicted octanol–water partition coefficient (Wildman–Crippen LogP) is 1.80. The number of nitro groups is 2. The standard InChI is InChI=1S/C15H12N4O8S/c20-15-16-7-8-17(15)10-1-4-12(5-2-10)28(25,26)27-14-6-3-11(18(21)22)9-13(14)19(23)24/h1-6,9H,7-8H2,(H,16,20). The van der Waals surface area contributed by atoms with Gasteiger partial charge in [-0.2, -0.15) is 8.42 Å². The smallest absolute Gasteiger partial charge is 0.339 e. The lowest BCUT2D eigenvalue weighted by molar-refractivity contribution is -0.394. The summed E-state index contributed by atoms with van der Waals surface area (Å²) < 4.78 is 29.7. The summed E-state index contributed by atoms with van der Waals surface area (Å²) in [7, 11) is -4.45. The average molecular weight is 408 g/mol. The number of urea groups is 1. The van der Waals surface area contributed by atoms with Gasteiger partial charge in [-0.25, -0.2) is 4.79 Å². The molecule has 0 aliphatic carbocycles. The molecule has 1 aliphatic rings. The minimum atomic E-state index is -4.45. The van der Waals surface area contributed by atoms with Crippen LogP contribution in [-0.2, 0) is 10.1 Å². The maximum Gasteiger partial charge on any atom is 0.339 e. The summed E-state index contributed by atoms with van der Waals surface area (Å²) in [5, 5.41) is 24.5. The van der Waals surface area contributed by atoms with Crippen LogP contribution in [0.5, 0.6) is 5.75 Å². The number of nitrogens with one attached hydrogen (secondary N) is 1. The van der Waals surface area contributed by atoms with Gasteiger partial charge in [0.15, 0.2) is 0 Å². The first kappa shape index (κ1) is 19.0. The second-order valence-electron chi connectivity index (χ2n) is 5.58. The van der Waals surface area contributed by atoms with E-state index in [2.05, 4.69) is 5.32 Å². The van der Waals surface area contributed by atoms with E-state index in [-0.39, 0.29) is 10.9 Å². The topological polar surface area (TPSA) is 162 Å². The molecule has 0 radical (unpaired) electrons. The van der Waals surface area contributed by atoms with Crippen molar-refractivity contribution in [3.8, 4) is 5.75 Å². The highest BCUT2D eigenvalue weighted by atomic mass is 32.2. The van der Waals surface area contributed by atoms with E-state index in [0.29, 0.717) is 24.8 Å². The third-order valence-electron chi connectivity index (χ3n) is 3.84. The molecule has 2 aromatic rings. The van der Waals surface area contributed by atoms with E-state index in [9.17, 15) is 33.4 Å². The Morgan fingerprint density at radius 3 is 2.25 bits per heavy atom. The summed E-state index contributed by atoms with van der Waals surface area (Å²) in [6, 6.07) is 7.20. The zero-order valence-corrected chi connectivity index (χ0v) is 14.8. The van der Waals surface area contributed by atoms with Crippen LogP contribution in [0.3, 0.4) is 0 Å². The van der Waals surface area contributed by atoms with Gasteiger partial charge in [0.25, 0.3) is 5.69 Å². The molecule has 0 atom stereocenters. The summed E-state index contributed by atoms with van der Waals surface area (Å²) in [6.07, 6.45) is 0. The summed E-state index contributed by atoms with van der Waals surface area (Å²) >= 11 is 0. The van der Waals surface area contributed by atoms with Gasteiger partial charge in [0.1, 0.15) is 4.90 Å². The van der Waals surface area contributed by atoms with E-state index in [0.717, 1.165) is 12.1 Å². The Morgan fingerprint density at radius 2 is 1.71 bits per heavy atom. The van der Waals surface area contributed by atoms with Crippen LogP contribution in [0.4, 0.5) is 21.9 Å². The molecule has 0 aromatic heterocycles. The molecule has 1 heterocycles. The number of nitro benzene ring substituents is 2. The first-order valence-corrected chi connectivity index (χ1v) is 9.12. The predicted molar refractivity (Wildman–Crippen MR) is 94.8 cm³/mol. The van der Waals surface area contributed by atoms with Gasteiger partial charge < -0.3 is 9.50 Å². The maximum atomic E-state index is 12.4. The third-order valence-corrected chi connectivity index (χ3v) is 5.09. The molecular weight excluding hydrogens is 396 g/mol. The van der Waals surface area contributed by atoms with E-state index in [1.54, 1.807) is 0 Å². The molecule has 1 fully saturated rings. The zero-order valence-electron chi connectivity index (χ0n) is 14.0. The van der Waals surface area contributed by atoms with Crippen molar-refractivity contribution in [2.75, 3.05) is 18.0 Å². The lowest BCUT2D eigenvalue weighted by Crippen LogP contribution is -2.27. The molecule has 0 unspecified atom stereocenters. The van der Waals surface area contributed by atoms with Crippen molar-refractivity contribution in [2.24, 2.45) is 0 Å². The van der Waals surface area contributed by atoms with E-state index in [4.69, 9.17) is 4.18 Å². The van der Waals surface area contributed by atoms with Crippen LogP contribution in [0.2, 0.25) is 0 Å². The number of non-ortho nitro benzene ring substituents is 1. The quantitative estimate of drug-likeness (QED) is 0.430. The second kappa shape index (κ2) is 7.11. The first-order chi connectivity index (χ1) is 13.2. The molecule has 12 nitrogen and oxygen atoms in total. The van der Waals surface area contributed by atoms with Crippen LogP contribution in [0.15, 0.2) is 47.4 Å². The number of carbonyl (C=O) groups is 1. The Hall–Kier alpha value is -3.74. The molecule has 28 heavy (non-hydrogen) atoms. The number of amides is 2. The van der Waals surface area contributed by atoms with Crippen molar-refractivity contribution in [1.29, 1.82) is 0 Å². The molecule has 3 rings (SSSR count). The van der Waals surface area contributed by atoms with Crippen LogP contribution in [-0.4, -0.2) is 37.4 Å². The molecule has 0 saturated carbocycles. The molecule has 0 bridgehead atoms. The van der Waals surface area contributed by atoms with Crippen LogP contribution < -0.4 is 14.4 Å². The van der Waals surface area contributed by atoms with E-state index >= 15 is 0 Å². The number of rotatable bonds is 6. The van der Waals surface area contributed by atoms with Crippen molar-refractivity contribution in [2.45, 2.75) is 4.90 Å². The highest BCUT2D eigenvalue weighted by Crippen LogP contribution is 2.33. The van der Waals surface area contributed by atoms with Gasteiger partial charge in [-0.1, -0.05) is 0 Å². The largest absolute Gasteiger partial charge is 0.372 e. The second-order valence-corrected chi connectivity index (χ2v) is 7.13. The molecule has 1 aliphatic heterocycles. The number of benzene rings is 2. The number of anilines is 1. The fraction of sp³-hybridized carbons (Fsp3) is 0.133. The van der Waals surface area contributed by atoms with E-state index in [1.807, 2.05) is 0 Å². The van der Waals surface area contributed by atoms with Crippen LogP contribution in [0.25, 0.3) is 0 Å². The molecule has 0 spiro atoms. The normalized spacial score (nSPS) is 13.9. The average Bonchev–Trinajstić information content (AvgIpc) is 3.07. The zero-order chi connectivity index (χ0) is 20.5. The van der Waals surface area contributed by atoms with Gasteiger partial charge in [0, 0.05) is 24.8 Å². The van der Waals surface area contributed by atoms with Crippen molar-refractivity contribution < 1.29 is 27.2 Å². The lowest BCUT2D eigenvalue weighted by atomic mass is 10.2. The molecule has 1 N–H and O–H groups in total. The molecule has 1 saturated heterocycles. The summed E-state index contributed by atoms with van der Waals surface area (Å²) in [5.74, 6) is -0.654. The van der Waals surface area contributed by atoms with Crippen molar-refractivity contribution in [3.05, 3.63) is 62.7 Å².